The zero-order valence-electron chi connectivity index (χ0n) is 17.5. The van der Waals surface area contributed by atoms with Gasteiger partial charge < -0.3 is 19.5 Å². The van der Waals surface area contributed by atoms with Crippen LogP contribution in [0.25, 0.3) is 0 Å². The molecule has 0 atom stereocenters. The molecular weight excluding hydrogens is 366 g/mol. The molecule has 0 aliphatic carbocycles. The Morgan fingerprint density at radius 2 is 2.00 bits per heavy atom. The van der Waals surface area contributed by atoms with Gasteiger partial charge in [-0.1, -0.05) is 13.0 Å². The summed E-state index contributed by atoms with van der Waals surface area (Å²) in [6, 6.07) is 10.3. The first-order chi connectivity index (χ1) is 13.5. The molecule has 2 N–H and O–H groups in total. The van der Waals surface area contributed by atoms with Crippen LogP contribution in [-0.2, 0) is 6.54 Å². The molecule has 0 saturated carbocycles. The van der Waals surface area contributed by atoms with Crippen molar-refractivity contribution in [3.8, 4) is 0 Å². The van der Waals surface area contributed by atoms with E-state index < -0.39 is 0 Å². The van der Waals surface area contributed by atoms with E-state index >= 15 is 0 Å². The number of quaternary nitrogens is 1. The number of rotatable bonds is 7. The van der Waals surface area contributed by atoms with Gasteiger partial charge in [0.1, 0.15) is 5.76 Å². The number of aryl methyl sites for hydroxylation is 2. The van der Waals surface area contributed by atoms with Gasteiger partial charge in [0, 0.05) is 18.7 Å². The molecule has 1 fully saturated rings. The molecule has 152 valence electrons. The topological polar surface area (TPSA) is 32.9 Å². The molecular formula is C23H34N3OS+. The zero-order chi connectivity index (χ0) is 19.9. The molecule has 0 unspecified atom stereocenters. The summed E-state index contributed by atoms with van der Waals surface area (Å²) >= 11 is 5.76. The van der Waals surface area contributed by atoms with Crippen molar-refractivity contribution in [2.24, 2.45) is 5.92 Å². The highest BCUT2D eigenvalue weighted by Crippen LogP contribution is 2.16. The number of hydrogen-bond donors (Lipinski definition) is 2. The third-order valence-corrected chi connectivity index (χ3v) is 6.27. The minimum absolute atomic E-state index is 0.704. The van der Waals surface area contributed by atoms with E-state index in [4.69, 9.17) is 16.6 Å². The highest BCUT2D eigenvalue weighted by atomic mass is 32.1. The molecule has 0 bridgehead atoms. The Kier molecular flexibility index (Phi) is 7.51. The van der Waals surface area contributed by atoms with Crippen molar-refractivity contribution in [3.63, 3.8) is 0 Å². The minimum atomic E-state index is 0.704. The number of nitrogens with one attached hydrogen (secondary N) is 2. The Balaban J connectivity index is 1.57. The number of benzene rings is 1. The predicted molar refractivity (Wildman–Crippen MR) is 120 cm³/mol. The third-order valence-electron chi connectivity index (χ3n) is 5.91. The summed E-state index contributed by atoms with van der Waals surface area (Å²) < 4.78 is 5.57. The minimum Gasteiger partial charge on any atom is -0.467 e. The Morgan fingerprint density at radius 3 is 2.68 bits per heavy atom. The van der Waals surface area contributed by atoms with Crippen LogP contribution < -0.4 is 10.2 Å². The molecule has 1 aromatic heterocycles. The average molecular weight is 401 g/mol. The van der Waals surface area contributed by atoms with Crippen LogP contribution in [0, 0.1) is 19.8 Å². The van der Waals surface area contributed by atoms with Crippen LogP contribution in [0.5, 0.6) is 0 Å². The number of anilines is 1. The number of thiocarbonyl (C=S) groups is 1. The maximum Gasteiger partial charge on any atom is 0.173 e. The van der Waals surface area contributed by atoms with Crippen molar-refractivity contribution in [2.75, 3.05) is 31.5 Å². The fraction of sp³-hybridized carbons (Fsp3) is 0.522. The summed E-state index contributed by atoms with van der Waals surface area (Å²) in [4.78, 5) is 3.97. The third kappa shape index (κ3) is 6.08. The van der Waals surface area contributed by atoms with Crippen LogP contribution in [0.4, 0.5) is 5.69 Å². The summed E-state index contributed by atoms with van der Waals surface area (Å²) in [5, 5.41) is 4.19. The first-order valence-corrected chi connectivity index (χ1v) is 10.9. The van der Waals surface area contributed by atoms with Crippen molar-refractivity contribution in [2.45, 2.75) is 46.6 Å². The van der Waals surface area contributed by atoms with Gasteiger partial charge in [-0.15, -0.1) is 0 Å². The van der Waals surface area contributed by atoms with Crippen LogP contribution in [0.15, 0.2) is 41.0 Å². The van der Waals surface area contributed by atoms with Gasteiger partial charge in [0.15, 0.2) is 5.11 Å². The van der Waals surface area contributed by atoms with Crippen LogP contribution in [0.3, 0.4) is 0 Å². The van der Waals surface area contributed by atoms with E-state index in [9.17, 15) is 0 Å². The monoisotopic (exact) mass is 400 g/mol. The van der Waals surface area contributed by atoms with Gasteiger partial charge in [-0.3, -0.25) is 0 Å². The standard InChI is InChI=1S/C23H33N3OS/c1-18-9-13-25(14-10-18)11-5-12-26(17-22-6-4-15-27-22)23(28)24-21-8-7-19(2)20(3)16-21/h4,6-8,15-16,18H,5,9-14,17H2,1-3H3,(H,24,28)/p+1. The lowest BCUT2D eigenvalue weighted by molar-refractivity contribution is -0.906. The molecule has 5 heteroatoms. The summed E-state index contributed by atoms with van der Waals surface area (Å²) in [7, 11) is 0. The average Bonchev–Trinajstić information content (AvgIpc) is 3.18. The van der Waals surface area contributed by atoms with Crippen LogP contribution >= 0.6 is 12.2 Å². The SMILES string of the molecule is Cc1ccc(NC(=S)N(CCC[NH+]2CCC(C)CC2)Cc2ccco2)cc1C. The van der Waals surface area contributed by atoms with Gasteiger partial charge in [-0.25, -0.2) is 0 Å². The summed E-state index contributed by atoms with van der Waals surface area (Å²) in [5.41, 5.74) is 3.62. The molecule has 1 aliphatic heterocycles. The van der Waals surface area contributed by atoms with Gasteiger partial charge >= 0.3 is 0 Å². The van der Waals surface area contributed by atoms with Gasteiger partial charge in [0.25, 0.3) is 0 Å². The maximum absolute atomic E-state index is 5.76. The second kappa shape index (κ2) is 10.1. The quantitative estimate of drug-likeness (QED) is 0.693. The van der Waals surface area contributed by atoms with Crippen LogP contribution in [-0.4, -0.2) is 36.2 Å². The number of likely N-dealkylation sites (tertiary alicyclic amines) is 1. The maximum atomic E-state index is 5.76. The second-order valence-corrected chi connectivity index (χ2v) is 8.65. The molecule has 28 heavy (non-hydrogen) atoms. The number of nitrogens with zero attached hydrogens (tertiary/aromatic N) is 1. The molecule has 4 nitrogen and oxygen atoms in total. The highest BCUT2D eigenvalue weighted by molar-refractivity contribution is 7.80. The van der Waals surface area contributed by atoms with E-state index in [2.05, 4.69) is 49.2 Å². The number of hydrogen-bond acceptors (Lipinski definition) is 2. The first-order valence-electron chi connectivity index (χ1n) is 10.5. The lowest BCUT2D eigenvalue weighted by Crippen LogP contribution is -3.13. The molecule has 2 heterocycles. The fourth-order valence-corrected chi connectivity index (χ4v) is 4.08. The fourth-order valence-electron chi connectivity index (χ4n) is 3.81. The normalized spacial score (nSPS) is 19.4. The molecule has 0 radical (unpaired) electrons. The molecule has 2 aromatic rings. The van der Waals surface area contributed by atoms with Crippen molar-refractivity contribution in [1.29, 1.82) is 0 Å². The molecule has 1 saturated heterocycles. The van der Waals surface area contributed by atoms with Crippen LogP contribution in [0.1, 0.15) is 43.1 Å². The van der Waals surface area contributed by atoms with E-state index in [0.717, 1.165) is 35.4 Å². The molecule has 1 aliphatic rings. The van der Waals surface area contributed by atoms with Gasteiger partial charge in [-0.05, 0) is 80.2 Å². The van der Waals surface area contributed by atoms with Crippen molar-refractivity contribution in [1.82, 2.24) is 4.90 Å². The highest BCUT2D eigenvalue weighted by Gasteiger charge is 2.19. The lowest BCUT2D eigenvalue weighted by atomic mass is 9.99. The van der Waals surface area contributed by atoms with Gasteiger partial charge in [-0.2, -0.15) is 0 Å². The van der Waals surface area contributed by atoms with Gasteiger partial charge in [0.05, 0.1) is 32.4 Å². The summed E-state index contributed by atoms with van der Waals surface area (Å²) in [6.07, 6.45) is 5.59. The lowest BCUT2D eigenvalue weighted by Gasteiger charge is -2.29. The molecule has 3 rings (SSSR count). The predicted octanol–water partition coefficient (Wildman–Crippen LogP) is 3.80. The summed E-state index contributed by atoms with van der Waals surface area (Å²) in [6.45, 7) is 12.1. The Labute approximate surface area is 174 Å². The van der Waals surface area contributed by atoms with E-state index in [0.29, 0.717) is 6.54 Å². The second-order valence-electron chi connectivity index (χ2n) is 8.27. The zero-order valence-corrected chi connectivity index (χ0v) is 18.3. The Bertz CT molecular complexity index is 751. The number of furan rings is 1. The largest absolute Gasteiger partial charge is 0.467 e. The first kappa shape index (κ1) is 20.9. The summed E-state index contributed by atoms with van der Waals surface area (Å²) in [5.74, 6) is 1.84. The molecule has 0 amide bonds. The van der Waals surface area contributed by atoms with Gasteiger partial charge in [0.2, 0.25) is 0 Å². The van der Waals surface area contributed by atoms with Crippen molar-refractivity contribution < 1.29 is 9.32 Å². The van der Waals surface area contributed by atoms with Crippen LogP contribution in [0.2, 0.25) is 0 Å². The molecule has 0 spiro atoms. The molecule has 1 aromatic carbocycles. The van der Waals surface area contributed by atoms with E-state index in [1.165, 1.54) is 43.6 Å². The smallest absolute Gasteiger partial charge is 0.173 e. The Hall–Kier alpha value is -1.85. The van der Waals surface area contributed by atoms with Crippen molar-refractivity contribution >= 4 is 23.0 Å². The van der Waals surface area contributed by atoms with E-state index in [1.54, 1.807) is 11.2 Å². The number of piperidine rings is 1. The van der Waals surface area contributed by atoms with E-state index in [1.807, 2.05) is 12.1 Å². The Morgan fingerprint density at radius 1 is 1.21 bits per heavy atom. The van der Waals surface area contributed by atoms with E-state index in [-0.39, 0.29) is 0 Å². The van der Waals surface area contributed by atoms with Crippen molar-refractivity contribution in [3.05, 3.63) is 53.5 Å².